The molecule has 7 heteroatoms. The first kappa shape index (κ1) is 14.5. The highest BCUT2D eigenvalue weighted by atomic mass is 16.6. The van der Waals surface area contributed by atoms with Crippen LogP contribution in [-0.2, 0) is 0 Å². The quantitative estimate of drug-likeness (QED) is 0.581. The van der Waals surface area contributed by atoms with Gasteiger partial charge in [0, 0.05) is 11.5 Å². The average Bonchev–Trinajstić information content (AvgIpc) is 2.98. The predicted molar refractivity (Wildman–Crippen MR) is 83.9 cm³/mol. The maximum atomic E-state index is 10.8. The summed E-state index contributed by atoms with van der Waals surface area (Å²) in [6, 6.07) is 13.8. The van der Waals surface area contributed by atoms with Gasteiger partial charge in [-0.25, -0.2) is 4.98 Å². The van der Waals surface area contributed by atoms with Gasteiger partial charge in [0.1, 0.15) is 23.2 Å². The number of nitro groups is 1. The number of hydrogen-bond acceptors (Lipinski definition) is 6. The fraction of sp³-hybridized carbons (Fsp3) is 0.125. The number of fused-ring (bicyclic) bond motifs is 1. The molecule has 1 unspecified atom stereocenters. The third-order valence-electron chi connectivity index (χ3n) is 3.41. The first-order valence-electron chi connectivity index (χ1n) is 6.89. The molecule has 3 aromatic rings. The van der Waals surface area contributed by atoms with Crippen LogP contribution in [0.15, 0.2) is 46.9 Å². The second-order valence-corrected chi connectivity index (χ2v) is 4.99. The van der Waals surface area contributed by atoms with Crippen LogP contribution in [0.4, 0.5) is 11.5 Å². The number of aromatic nitrogens is 1. The van der Waals surface area contributed by atoms with Crippen LogP contribution < -0.4 is 5.32 Å². The number of para-hydroxylation sites is 1. The van der Waals surface area contributed by atoms with Crippen molar-refractivity contribution in [3.05, 3.63) is 64.0 Å². The molecule has 0 aliphatic carbocycles. The molecule has 0 aliphatic heterocycles. The Balaban J connectivity index is 1.86. The topological polar surface area (TPSA) is 105 Å². The van der Waals surface area contributed by atoms with Crippen molar-refractivity contribution < 1.29 is 9.34 Å². The van der Waals surface area contributed by atoms with E-state index >= 15 is 0 Å². The summed E-state index contributed by atoms with van der Waals surface area (Å²) in [5.41, 5.74) is 0.247. The van der Waals surface area contributed by atoms with Gasteiger partial charge < -0.3 is 9.73 Å². The lowest BCUT2D eigenvalue weighted by molar-refractivity contribution is -0.385. The lowest BCUT2D eigenvalue weighted by Crippen LogP contribution is -2.08. The largest absolute Gasteiger partial charge is 0.459 e. The Morgan fingerprint density at radius 1 is 1.35 bits per heavy atom. The number of furan rings is 1. The van der Waals surface area contributed by atoms with E-state index in [9.17, 15) is 10.1 Å². The van der Waals surface area contributed by atoms with Crippen molar-refractivity contribution in [3.63, 3.8) is 0 Å². The highest BCUT2D eigenvalue weighted by molar-refractivity contribution is 5.77. The summed E-state index contributed by atoms with van der Waals surface area (Å²) in [7, 11) is 0. The van der Waals surface area contributed by atoms with Gasteiger partial charge in [0.25, 0.3) is 0 Å². The van der Waals surface area contributed by atoms with Crippen molar-refractivity contribution in [1.82, 2.24) is 4.98 Å². The zero-order chi connectivity index (χ0) is 16.4. The minimum atomic E-state index is -0.627. The number of benzene rings is 1. The molecule has 2 aromatic heterocycles. The van der Waals surface area contributed by atoms with Crippen molar-refractivity contribution >= 4 is 22.5 Å². The lowest BCUT2D eigenvalue weighted by Gasteiger charge is -2.11. The van der Waals surface area contributed by atoms with E-state index in [1.807, 2.05) is 37.3 Å². The minimum absolute atomic E-state index is 0.206. The van der Waals surface area contributed by atoms with E-state index in [2.05, 4.69) is 10.3 Å². The van der Waals surface area contributed by atoms with E-state index in [1.165, 1.54) is 12.1 Å². The number of nitrogens with zero attached hydrogens (tertiary/aromatic N) is 3. The van der Waals surface area contributed by atoms with E-state index in [0.29, 0.717) is 11.6 Å². The van der Waals surface area contributed by atoms with Crippen molar-refractivity contribution in [2.75, 3.05) is 5.32 Å². The van der Waals surface area contributed by atoms with E-state index in [1.54, 1.807) is 6.07 Å². The summed E-state index contributed by atoms with van der Waals surface area (Å²) >= 11 is 0. The fourth-order valence-corrected chi connectivity index (χ4v) is 2.27. The van der Waals surface area contributed by atoms with E-state index in [0.717, 1.165) is 11.0 Å². The van der Waals surface area contributed by atoms with Crippen LogP contribution in [0.2, 0.25) is 0 Å². The van der Waals surface area contributed by atoms with Gasteiger partial charge in [0.05, 0.1) is 11.0 Å². The van der Waals surface area contributed by atoms with Crippen molar-refractivity contribution in [2.24, 2.45) is 0 Å². The van der Waals surface area contributed by atoms with Crippen LogP contribution in [-0.4, -0.2) is 9.91 Å². The van der Waals surface area contributed by atoms with Crippen LogP contribution in [0, 0.1) is 21.4 Å². The summed E-state index contributed by atoms with van der Waals surface area (Å²) in [6.45, 7) is 1.88. The zero-order valence-electron chi connectivity index (χ0n) is 12.2. The molecule has 0 amide bonds. The molecule has 0 fully saturated rings. The molecule has 114 valence electrons. The standard InChI is InChI=1S/C16H12N4O3/c1-10(15-8-11-4-2-3-5-14(11)23-15)18-16-7-6-13(20(21)22)12(9-17)19-16/h2-8,10H,1H3,(H,18,19). The molecule has 1 aromatic carbocycles. The maximum absolute atomic E-state index is 10.8. The van der Waals surface area contributed by atoms with Gasteiger partial charge in [-0.2, -0.15) is 5.26 Å². The number of anilines is 1. The molecule has 0 radical (unpaired) electrons. The van der Waals surface area contributed by atoms with Crippen molar-refractivity contribution in [2.45, 2.75) is 13.0 Å². The fourth-order valence-electron chi connectivity index (χ4n) is 2.27. The summed E-state index contributed by atoms with van der Waals surface area (Å²) < 4.78 is 5.76. The molecule has 23 heavy (non-hydrogen) atoms. The van der Waals surface area contributed by atoms with Crippen LogP contribution in [0.5, 0.6) is 0 Å². The average molecular weight is 308 g/mol. The first-order valence-corrected chi connectivity index (χ1v) is 6.89. The molecule has 0 bridgehead atoms. The van der Waals surface area contributed by atoms with Crippen LogP contribution in [0.3, 0.4) is 0 Å². The first-order chi connectivity index (χ1) is 11.1. The number of nitriles is 1. The van der Waals surface area contributed by atoms with Gasteiger partial charge in [-0.3, -0.25) is 10.1 Å². The molecule has 0 saturated carbocycles. The zero-order valence-corrected chi connectivity index (χ0v) is 12.2. The molecular weight excluding hydrogens is 296 g/mol. The number of pyridine rings is 1. The van der Waals surface area contributed by atoms with Crippen LogP contribution in [0.25, 0.3) is 11.0 Å². The van der Waals surface area contributed by atoms with E-state index < -0.39 is 4.92 Å². The minimum Gasteiger partial charge on any atom is -0.459 e. The predicted octanol–water partition coefficient (Wildman–Crippen LogP) is 3.78. The van der Waals surface area contributed by atoms with Crippen LogP contribution >= 0.6 is 0 Å². The Bertz CT molecular complexity index is 893. The molecular formula is C16H12N4O3. The van der Waals surface area contributed by atoms with Gasteiger partial charge in [-0.05, 0) is 25.1 Å². The molecule has 7 nitrogen and oxygen atoms in total. The SMILES string of the molecule is CC(Nc1ccc([N+](=O)[O-])c(C#N)n1)c1cc2ccccc2o1. The maximum Gasteiger partial charge on any atom is 0.305 e. The number of hydrogen-bond donors (Lipinski definition) is 1. The lowest BCUT2D eigenvalue weighted by atomic mass is 10.2. The van der Waals surface area contributed by atoms with Gasteiger partial charge >= 0.3 is 5.69 Å². The van der Waals surface area contributed by atoms with Crippen LogP contribution in [0.1, 0.15) is 24.4 Å². The number of nitrogens with one attached hydrogen (secondary N) is 1. The molecule has 0 aliphatic rings. The molecule has 1 N–H and O–H groups in total. The van der Waals surface area contributed by atoms with Gasteiger partial charge in [0.2, 0.25) is 5.69 Å². The smallest absolute Gasteiger partial charge is 0.305 e. The highest BCUT2D eigenvalue weighted by Crippen LogP contribution is 2.26. The molecule has 0 saturated heterocycles. The van der Waals surface area contributed by atoms with Crippen molar-refractivity contribution in [1.29, 1.82) is 5.26 Å². The monoisotopic (exact) mass is 308 g/mol. The van der Waals surface area contributed by atoms with Gasteiger partial charge in [-0.15, -0.1) is 0 Å². The summed E-state index contributed by atoms with van der Waals surface area (Å²) in [5, 5.41) is 23.9. The Kier molecular flexibility index (Phi) is 3.65. The van der Waals surface area contributed by atoms with E-state index in [4.69, 9.17) is 9.68 Å². The molecule has 1 atom stereocenters. The third kappa shape index (κ3) is 2.82. The highest BCUT2D eigenvalue weighted by Gasteiger charge is 2.17. The van der Waals surface area contributed by atoms with Gasteiger partial charge in [-0.1, -0.05) is 18.2 Å². The molecule has 2 heterocycles. The van der Waals surface area contributed by atoms with E-state index in [-0.39, 0.29) is 17.4 Å². The Morgan fingerprint density at radius 2 is 2.13 bits per heavy atom. The Morgan fingerprint density at radius 3 is 2.83 bits per heavy atom. The third-order valence-corrected chi connectivity index (χ3v) is 3.41. The Hall–Kier alpha value is -3.40. The second kappa shape index (κ2) is 5.77. The van der Waals surface area contributed by atoms with Crippen molar-refractivity contribution in [3.8, 4) is 6.07 Å². The van der Waals surface area contributed by atoms with Gasteiger partial charge in [0.15, 0.2) is 0 Å². The Labute approximate surface area is 131 Å². The summed E-state index contributed by atoms with van der Waals surface area (Å²) in [5.74, 6) is 1.09. The summed E-state index contributed by atoms with van der Waals surface area (Å²) in [6.07, 6.45) is 0. The second-order valence-electron chi connectivity index (χ2n) is 4.99. The number of rotatable bonds is 4. The molecule has 3 rings (SSSR count). The normalized spacial score (nSPS) is 11.8. The molecule has 0 spiro atoms. The summed E-state index contributed by atoms with van der Waals surface area (Å²) in [4.78, 5) is 14.2.